The SMILES string of the molecule is OC1CC2(C1)CN(Cc1ccc3cn[nH]c3c1)C2. The minimum atomic E-state index is -0.0338. The zero-order valence-electron chi connectivity index (χ0n) is 10.3. The number of aliphatic hydroxyl groups is 1. The number of nitrogens with zero attached hydrogens (tertiary/aromatic N) is 2. The maximum Gasteiger partial charge on any atom is 0.0653 e. The smallest absolute Gasteiger partial charge is 0.0653 e. The van der Waals surface area contributed by atoms with Gasteiger partial charge in [-0.1, -0.05) is 12.1 Å². The Morgan fingerprint density at radius 2 is 2.22 bits per heavy atom. The molecule has 2 N–H and O–H groups in total. The fourth-order valence-corrected chi connectivity index (χ4v) is 3.55. The highest BCUT2D eigenvalue weighted by Gasteiger charge is 2.51. The number of rotatable bonds is 2. The summed E-state index contributed by atoms with van der Waals surface area (Å²) in [5.41, 5.74) is 2.90. The van der Waals surface area contributed by atoms with Crippen LogP contribution >= 0.6 is 0 Å². The average Bonchev–Trinajstić information content (AvgIpc) is 2.71. The molecule has 1 saturated carbocycles. The summed E-state index contributed by atoms with van der Waals surface area (Å²) in [5.74, 6) is 0. The molecule has 1 aliphatic carbocycles. The summed E-state index contributed by atoms with van der Waals surface area (Å²) in [6.07, 6.45) is 3.83. The minimum Gasteiger partial charge on any atom is -0.393 e. The predicted molar refractivity (Wildman–Crippen MR) is 69.0 cm³/mol. The molecular weight excluding hydrogens is 226 g/mol. The highest BCUT2D eigenvalue weighted by Crippen LogP contribution is 2.48. The van der Waals surface area contributed by atoms with Crippen LogP contribution in [-0.4, -0.2) is 39.4 Å². The number of benzene rings is 1. The van der Waals surface area contributed by atoms with Crippen molar-refractivity contribution < 1.29 is 5.11 Å². The first-order chi connectivity index (χ1) is 8.72. The van der Waals surface area contributed by atoms with Crippen molar-refractivity contribution in [2.45, 2.75) is 25.5 Å². The molecule has 94 valence electrons. The lowest BCUT2D eigenvalue weighted by Gasteiger charge is -2.58. The summed E-state index contributed by atoms with van der Waals surface area (Å²) in [4.78, 5) is 2.46. The summed E-state index contributed by atoms with van der Waals surface area (Å²) in [7, 11) is 0. The third-order valence-electron chi connectivity index (χ3n) is 4.37. The van der Waals surface area contributed by atoms with Crippen molar-refractivity contribution in [3.8, 4) is 0 Å². The van der Waals surface area contributed by atoms with Gasteiger partial charge in [0.2, 0.25) is 0 Å². The fraction of sp³-hybridized carbons (Fsp3) is 0.500. The minimum absolute atomic E-state index is 0.0338. The molecule has 4 rings (SSSR count). The summed E-state index contributed by atoms with van der Waals surface area (Å²) in [5, 5.41) is 17.6. The molecule has 1 aromatic carbocycles. The molecule has 2 heterocycles. The molecule has 2 fully saturated rings. The number of aromatic nitrogens is 2. The monoisotopic (exact) mass is 243 g/mol. The van der Waals surface area contributed by atoms with Gasteiger partial charge in [0.15, 0.2) is 0 Å². The number of hydrogen-bond acceptors (Lipinski definition) is 3. The van der Waals surface area contributed by atoms with Crippen LogP contribution in [0.15, 0.2) is 24.4 Å². The normalized spacial score (nSPS) is 23.2. The predicted octanol–water partition coefficient (Wildman–Crippen LogP) is 1.52. The van der Waals surface area contributed by atoms with E-state index in [9.17, 15) is 5.11 Å². The Balaban J connectivity index is 1.43. The van der Waals surface area contributed by atoms with Crippen molar-refractivity contribution >= 4 is 10.9 Å². The van der Waals surface area contributed by atoms with Gasteiger partial charge in [-0.25, -0.2) is 0 Å². The molecule has 1 saturated heterocycles. The van der Waals surface area contributed by atoms with Crippen LogP contribution in [0.2, 0.25) is 0 Å². The van der Waals surface area contributed by atoms with Crippen LogP contribution in [0.4, 0.5) is 0 Å². The lowest BCUT2D eigenvalue weighted by Crippen LogP contribution is -2.63. The van der Waals surface area contributed by atoms with Crippen LogP contribution in [0.1, 0.15) is 18.4 Å². The van der Waals surface area contributed by atoms with Crippen LogP contribution in [0, 0.1) is 5.41 Å². The van der Waals surface area contributed by atoms with Crippen LogP contribution < -0.4 is 0 Å². The first-order valence-corrected chi connectivity index (χ1v) is 6.55. The van der Waals surface area contributed by atoms with E-state index in [2.05, 4.69) is 33.3 Å². The van der Waals surface area contributed by atoms with Gasteiger partial charge in [0, 0.05) is 30.4 Å². The van der Waals surface area contributed by atoms with E-state index in [-0.39, 0.29) is 6.10 Å². The third-order valence-corrected chi connectivity index (χ3v) is 4.37. The molecule has 2 aromatic rings. The molecule has 0 atom stereocenters. The van der Waals surface area contributed by atoms with Crippen molar-refractivity contribution in [3.05, 3.63) is 30.0 Å². The Morgan fingerprint density at radius 3 is 3.00 bits per heavy atom. The third kappa shape index (κ3) is 1.56. The number of fused-ring (bicyclic) bond motifs is 1. The molecule has 2 aliphatic rings. The second-order valence-electron chi connectivity index (χ2n) is 6.00. The van der Waals surface area contributed by atoms with E-state index in [4.69, 9.17) is 0 Å². The van der Waals surface area contributed by atoms with Gasteiger partial charge in [-0.3, -0.25) is 10.00 Å². The van der Waals surface area contributed by atoms with Gasteiger partial charge in [0.25, 0.3) is 0 Å². The summed E-state index contributed by atoms with van der Waals surface area (Å²) in [6.45, 7) is 3.29. The van der Waals surface area contributed by atoms with Crippen LogP contribution in [0.3, 0.4) is 0 Å². The summed E-state index contributed by atoms with van der Waals surface area (Å²) < 4.78 is 0. The van der Waals surface area contributed by atoms with Gasteiger partial charge in [0.1, 0.15) is 0 Å². The number of hydrogen-bond donors (Lipinski definition) is 2. The maximum absolute atomic E-state index is 9.39. The van der Waals surface area contributed by atoms with E-state index in [0.29, 0.717) is 5.41 Å². The Morgan fingerprint density at radius 1 is 1.39 bits per heavy atom. The topological polar surface area (TPSA) is 52.1 Å². The lowest BCUT2D eigenvalue weighted by atomic mass is 9.62. The van der Waals surface area contributed by atoms with E-state index < -0.39 is 0 Å². The number of H-pyrrole nitrogens is 1. The quantitative estimate of drug-likeness (QED) is 0.841. The van der Waals surface area contributed by atoms with Gasteiger partial charge in [-0.15, -0.1) is 0 Å². The molecule has 4 heteroatoms. The molecule has 1 aromatic heterocycles. The first kappa shape index (κ1) is 10.5. The van der Waals surface area contributed by atoms with Gasteiger partial charge in [-0.2, -0.15) is 5.10 Å². The second-order valence-corrected chi connectivity index (χ2v) is 6.00. The van der Waals surface area contributed by atoms with E-state index >= 15 is 0 Å². The highest BCUT2D eigenvalue weighted by molar-refractivity contribution is 5.78. The number of nitrogens with one attached hydrogen (secondary N) is 1. The molecule has 4 nitrogen and oxygen atoms in total. The van der Waals surface area contributed by atoms with E-state index in [0.717, 1.165) is 38.0 Å². The molecule has 0 radical (unpaired) electrons. The van der Waals surface area contributed by atoms with Crippen LogP contribution in [-0.2, 0) is 6.54 Å². The van der Waals surface area contributed by atoms with Crippen molar-refractivity contribution in [3.63, 3.8) is 0 Å². The molecule has 1 spiro atoms. The number of aliphatic hydroxyl groups excluding tert-OH is 1. The summed E-state index contributed by atoms with van der Waals surface area (Å²) >= 11 is 0. The maximum atomic E-state index is 9.39. The van der Waals surface area contributed by atoms with Gasteiger partial charge in [0.05, 0.1) is 17.8 Å². The molecule has 0 bridgehead atoms. The Bertz CT molecular complexity index is 577. The summed E-state index contributed by atoms with van der Waals surface area (Å²) in [6, 6.07) is 6.48. The number of likely N-dealkylation sites (tertiary alicyclic amines) is 1. The molecule has 18 heavy (non-hydrogen) atoms. The Kier molecular flexibility index (Phi) is 2.08. The van der Waals surface area contributed by atoms with Crippen molar-refractivity contribution in [1.82, 2.24) is 15.1 Å². The van der Waals surface area contributed by atoms with Crippen molar-refractivity contribution in [2.75, 3.05) is 13.1 Å². The second kappa shape index (κ2) is 3.56. The molecule has 0 amide bonds. The van der Waals surface area contributed by atoms with Crippen molar-refractivity contribution in [1.29, 1.82) is 0 Å². The van der Waals surface area contributed by atoms with Gasteiger partial charge < -0.3 is 5.11 Å². The zero-order chi connectivity index (χ0) is 12.2. The van der Waals surface area contributed by atoms with Crippen molar-refractivity contribution in [2.24, 2.45) is 5.41 Å². The van der Waals surface area contributed by atoms with Gasteiger partial charge in [-0.05, 0) is 24.5 Å². The molecule has 0 unspecified atom stereocenters. The van der Waals surface area contributed by atoms with Crippen LogP contribution in [0.25, 0.3) is 10.9 Å². The fourth-order valence-electron chi connectivity index (χ4n) is 3.55. The standard InChI is InChI=1S/C14H17N3O/c18-12-4-14(5-12)8-17(9-14)7-10-1-2-11-6-15-16-13(11)3-10/h1-3,6,12,18H,4-5,7-9H2,(H,15,16). The zero-order valence-corrected chi connectivity index (χ0v) is 10.3. The average molecular weight is 243 g/mol. The molecule has 1 aliphatic heterocycles. The Hall–Kier alpha value is -1.39. The van der Waals surface area contributed by atoms with E-state index in [1.54, 1.807) is 0 Å². The Labute approximate surface area is 106 Å². The highest BCUT2D eigenvalue weighted by atomic mass is 16.3. The van der Waals surface area contributed by atoms with Crippen LogP contribution in [0.5, 0.6) is 0 Å². The van der Waals surface area contributed by atoms with Gasteiger partial charge >= 0.3 is 0 Å². The van der Waals surface area contributed by atoms with E-state index in [1.807, 2.05) is 6.20 Å². The molecular formula is C14H17N3O. The number of aromatic amines is 1. The van der Waals surface area contributed by atoms with E-state index in [1.165, 1.54) is 10.9 Å². The lowest BCUT2D eigenvalue weighted by molar-refractivity contribution is -0.130. The first-order valence-electron chi connectivity index (χ1n) is 6.55. The largest absolute Gasteiger partial charge is 0.393 e.